The molecule has 1 atom stereocenters. The third kappa shape index (κ3) is 4.39. The lowest BCUT2D eigenvalue weighted by atomic mass is 10.0. The van der Waals surface area contributed by atoms with Crippen molar-refractivity contribution in [3.63, 3.8) is 0 Å². The van der Waals surface area contributed by atoms with E-state index in [-0.39, 0.29) is 5.91 Å². The second-order valence-electron chi connectivity index (χ2n) is 4.92. The molecule has 0 aliphatic rings. The minimum Gasteiger partial charge on any atom is -0.355 e. The van der Waals surface area contributed by atoms with Crippen molar-refractivity contribution in [2.45, 2.75) is 19.3 Å². The summed E-state index contributed by atoms with van der Waals surface area (Å²) in [6.07, 6.45) is 0.388. The minimum atomic E-state index is 0.0371. The lowest BCUT2D eigenvalue weighted by molar-refractivity contribution is -0.120. The van der Waals surface area contributed by atoms with Crippen LogP contribution in [-0.2, 0) is 11.2 Å². The number of hydrogen-bond acceptors (Lipinski definition) is 1. The highest BCUT2D eigenvalue weighted by Gasteiger charge is 2.08. The van der Waals surface area contributed by atoms with Gasteiger partial charge in [-0.15, -0.1) is 0 Å². The van der Waals surface area contributed by atoms with E-state index in [0.717, 1.165) is 5.56 Å². The Morgan fingerprint density at radius 1 is 1.10 bits per heavy atom. The van der Waals surface area contributed by atoms with E-state index in [1.165, 1.54) is 5.56 Å². The summed E-state index contributed by atoms with van der Waals surface area (Å²) in [5, 5.41) is 3.66. The Morgan fingerprint density at radius 3 is 2.40 bits per heavy atom. The SMILES string of the molecule is C[C@@H](CNC(=O)Cc1ccc(Cl)cc1)c1ccccc1. The van der Waals surface area contributed by atoms with Gasteiger partial charge in [-0.3, -0.25) is 4.79 Å². The molecule has 2 rings (SSSR count). The molecule has 2 aromatic rings. The van der Waals surface area contributed by atoms with Gasteiger partial charge in [-0.2, -0.15) is 0 Å². The fourth-order valence-electron chi connectivity index (χ4n) is 2.02. The molecule has 0 saturated carbocycles. The Hall–Kier alpha value is -1.80. The Kier molecular flexibility index (Phi) is 5.19. The molecule has 0 unspecified atom stereocenters. The second kappa shape index (κ2) is 7.11. The van der Waals surface area contributed by atoms with Crippen LogP contribution in [-0.4, -0.2) is 12.5 Å². The average molecular weight is 288 g/mol. The fourth-order valence-corrected chi connectivity index (χ4v) is 2.14. The smallest absolute Gasteiger partial charge is 0.224 e. The number of hydrogen-bond donors (Lipinski definition) is 1. The van der Waals surface area contributed by atoms with Crippen molar-refractivity contribution >= 4 is 17.5 Å². The third-order valence-electron chi connectivity index (χ3n) is 3.25. The zero-order valence-electron chi connectivity index (χ0n) is 11.5. The molecule has 2 aromatic carbocycles. The first-order valence-corrected chi connectivity index (χ1v) is 7.09. The largest absolute Gasteiger partial charge is 0.355 e. The van der Waals surface area contributed by atoms with Crippen molar-refractivity contribution in [1.29, 1.82) is 0 Å². The van der Waals surface area contributed by atoms with E-state index >= 15 is 0 Å². The predicted octanol–water partition coefficient (Wildman–Crippen LogP) is 3.80. The summed E-state index contributed by atoms with van der Waals surface area (Å²) in [7, 11) is 0. The molecular weight excluding hydrogens is 270 g/mol. The van der Waals surface area contributed by atoms with Crippen LogP contribution < -0.4 is 5.32 Å². The molecule has 20 heavy (non-hydrogen) atoms. The number of nitrogens with one attached hydrogen (secondary N) is 1. The van der Waals surface area contributed by atoms with Gasteiger partial charge < -0.3 is 5.32 Å². The number of carbonyl (C=O) groups excluding carboxylic acids is 1. The number of amides is 1. The normalized spacial score (nSPS) is 11.9. The van der Waals surface area contributed by atoms with Crippen molar-refractivity contribution in [2.24, 2.45) is 0 Å². The topological polar surface area (TPSA) is 29.1 Å². The third-order valence-corrected chi connectivity index (χ3v) is 3.50. The van der Waals surface area contributed by atoms with Crippen LogP contribution in [0.4, 0.5) is 0 Å². The summed E-state index contributed by atoms with van der Waals surface area (Å²) in [4.78, 5) is 11.9. The van der Waals surface area contributed by atoms with Gasteiger partial charge in [0.15, 0.2) is 0 Å². The first-order chi connectivity index (χ1) is 9.65. The van der Waals surface area contributed by atoms with Gasteiger partial charge in [0.25, 0.3) is 0 Å². The molecule has 0 aliphatic heterocycles. The number of rotatable bonds is 5. The molecule has 2 nitrogen and oxygen atoms in total. The number of halogens is 1. The van der Waals surface area contributed by atoms with Crippen LogP contribution in [0.2, 0.25) is 5.02 Å². The maximum atomic E-state index is 11.9. The lowest BCUT2D eigenvalue weighted by Gasteiger charge is -2.13. The van der Waals surface area contributed by atoms with Gasteiger partial charge in [-0.25, -0.2) is 0 Å². The molecule has 1 amide bonds. The average Bonchev–Trinajstić information content (AvgIpc) is 2.48. The summed E-state index contributed by atoms with van der Waals surface area (Å²) < 4.78 is 0. The quantitative estimate of drug-likeness (QED) is 0.890. The van der Waals surface area contributed by atoms with Gasteiger partial charge >= 0.3 is 0 Å². The summed E-state index contributed by atoms with van der Waals surface area (Å²) in [5.41, 5.74) is 2.21. The van der Waals surface area contributed by atoms with Gasteiger partial charge in [0.2, 0.25) is 5.91 Å². The zero-order valence-corrected chi connectivity index (χ0v) is 12.2. The van der Waals surface area contributed by atoms with Gasteiger partial charge in [-0.1, -0.05) is 61.0 Å². The molecule has 3 heteroatoms. The van der Waals surface area contributed by atoms with Crippen LogP contribution in [0.25, 0.3) is 0 Å². The van der Waals surface area contributed by atoms with Gasteiger partial charge in [0.05, 0.1) is 6.42 Å². The van der Waals surface area contributed by atoms with Gasteiger partial charge in [0.1, 0.15) is 0 Å². The molecule has 104 valence electrons. The van der Waals surface area contributed by atoms with Crippen molar-refractivity contribution in [2.75, 3.05) is 6.54 Å². The fraction of sp³-hybridized carbons (Fsp3) is 0.235. The van der Waals surface area contributed by atoms with Crippen molar-refractivity contribution in [3.8, 4) is 0 Å². The standard InChI is InChI=1S/C17H18ClNO/c1-13(15-5-3-2-4-6-15)12-19-17(20)11-14-7-9-16(18)10-8-14/h2-10,13H,11-12H2,1H3,(H,19,20)/t13-/m0/s1. The van der Waals surface area contributed by atoms with E-state index in [1.807, 2.05) is 30.3 Å². The Bertz CT molecular complexity index is 551. The summed E-state index contributed by atoms with van der Waals surface area (Å²) >= 11 is 5.82. The second-order valence-corrected chi connectivity index (χ2v) is 5.36. The highest BCUT2D eigenvalue weighted by Crippen LogP contribution is 2.13. The molecule has 0 saturated heterocycles. The Balaban J connectivity index is 1.82. The zero-order chi connectivity index (χ0) is 14.4. The van der Waals surface area contributed by atoms with Crippen LogP contribution in [0, 0.1) is 0 Å². The first kappa shape index (κ1) is 14.6. The summed E-state index contributed by atoms with van der Waals surface area (Å²) in [5.74, 6) is 0.348. The van der Waals surface area contributed by atoms with Crippen LogP contribution >= 0.6 is 11.6 Å². The molecular formula is C17H18ClNO. The van der Waals surface area contributed by atoms with E-state index in [2.05, 4.69) is 24.4 Å². The predicted molar refractivity (Wildman–Crippen MR) is 83.0 cm³/mol. The Labute approximate surface area is 124 Å². The summed E-state index contributed by atoms with van der Waals surface area (Å²) in [6, 6.07) is 17.5. The van der Waals surface area contributed by atoms with Gasteiger partial charge in [-0.05, 0) is 29.2 Å². The van der Waals surface area contributed by atoms with Crippen molar-refractivity contribution in [1.82, 2.24) is 5.32 Å². The van der Waals surface area contributed by atoms with Crippen LogP contribution in [0.3, 0.4) is 0 Å². The maximum absolute atomic E-state index is 11.9. The molecule has 0 radical (unpaired) electrons. The summed E-state index contributed by atoms with van der Waals surface area (Å²) in [6.45, 7) is 2.76. The first-order valence-electron chi connectivity index (χ1n) is 6.71. The van der Waals surface area contributed by atoms with E-state index in [1.54, 1.807) is 12.1 Å². The highest BCUT2D eigenvalue weighted by molar-refractivity contribution is 6.30. The van der Waals surface area contributed by atoms with E-state index in [9.17, 15) is 4.79 Å². The highest BCUT2D eigenvalue weighted by atomic mass is 35.5. The minimum absolute atomic E-state index is 0.0371. The van der Waals surface area contributed by atoms with Crippen molar-refractivity contribution < 1.29 is 4.79 Å². The number of carbonyl (C=O) groups is 1. The molecule has 0 aromatic heterocycles. The van der Waals surface area contributed by atoms with Crippen LogP contribution in [0.1, 0.15) is 24.0 Å². The van der Waals surface area contributed by atoms with Gasteiger partial charge in [0, 0.05) is 11.6 Å². The van der Waals surface area contributed by atoms with E-state index in [4.69, 9.17) is 11.6 Å². The molecule has 0 spiro atoms. The lowest BCUT2D eigenvalue weighted by Crippen LogP contribution is -2.28. The monoisotopic (exact) mass is 287 g/mol. The maximum Gasteiger partial charge on any atom is 0.224 e. The van der Waals surface area contributed by atoms with Crippen LogP contribution in [0.5, 0.6) is 0 Å². The molecule has 1 N–H and O–H groups in total. The Morgan fingerprint density at radius 2 is 1.75 bits per heavy atom. The van der Waals surface area contributed by atoms with E-state index < -0.39 is 0 Å². The molecule has 0 heterocycles. The molecule has 0 fully saturated rings. The number of benzene rings is 2. The molecule has 0 aliphatic carbocycles. The van der Waals surface area contributed by atoms with E-state index in [0.29, 0.717) is 23.9 Å². The molecule has 0 bridgehead atoms. The van der Waals surface area contributed by atoms with Crippen molar-refractivity contribution in [3.05, 3.63) is 70.7 Å². The van der Waals surface area contributed by atoms with Crippen LogP contribution in [0.15, 0.2) is 54.6 Å².